The van der Waals surface area contributed by atoms with Gasteiger partial charge >= 0.3 is 0 Å². The Bertz CT molecular complexity index is 801. The van der Waals surface area contributed by atoms with Crippen molar-refractivity contribution >= 4 is 11.6 Å². The lowest BCUT2D eigenvalue weighted by molar-refractivity contribution is -0.145. The largest absolute Gasteiger partial charge is 0.298 e. The zero-order chi connectivity index (χ0) is 18.6. The van der Waals surface area contributed by atoms with Gasteiger partial charge in [-0.1, -0.05) is 26.3 Å². The Kier molecular flexibility index (Phi) is 3.89. The monoisotopic (exact) mass is 334 g/mol. The van der Waals surface area contributed by atoms with Crippen LogP contribution in [0.4, 0.5) is 0 Å². The van der Waals surface area contributed by atoms with Crippen molar-refractivity contribution in [3.8, 4) is 24.5 Å². The predicted octanol–water partition coefficient (Wildman–Crippen LogP) is 3.06. The molecule has 3 aliphatic carbocycles. The molecule has 0 amide bonds. The first kappa shape index (κ1) is 17.4. The number of hydrogen-bond donors (Lipinski definition) is 0. The van der Waals surface area contributed by atoms with Crippen LogP contribution in [0.2, 0.25) is 0 Å². The van der Waals surface area contributed by atoms with Crippen LogP contribution in [-0.2, 0) is 9.59 Å². The van der Waals surface area contributed by atoms with Gasteiger partial charge in [-0.05, 0) is 42.6 Å². The summed E-state index contributed by atoms with van der Waals surface area (Å²) in [5.41, 5.74) is -0.0599. The van der Waals surface area contributed by atoms with Crippen LogP contribution in [0.25, 0.3) is 0 Å². The zero-order valence-electron chi connectivity index (χ0n) is 14.9. The minimum atomic E-state index is -0.788. The molecule has 3 rings (SSSR count). The zero-order valence-corrected chi connectivity index (χ0v) is 14.9. The van der Waals surface area contributed by atoms with E-state index in [4.69, 9.17) is 6.42 Å². The molecule has 0 heterocycles. The first-order valence-corrected chi connectivity index (χ1v) is 8.78. The summed E-state index contributed by atoms with van der Waals surface area (Å²) in [7, 11) is 0. The molecular weight excluding hydrogens is 312 g/mol. The maximum absolute atomic E-state index is 12.7. The fourth-order valence-corrected chi connectivity index (χ4v) is 5.76. The van der Waals surface area contributed by atoms with E-state index < -0.39 is 28.6 Å². The molecule has 0 aromatic heterocycles. The molecule has 0 aromatic rings. The standard InChI is InChI=1S/C21H22N2O2/c1-5-13-14-6-7-18-20(2,3)19(25)12(10-22)9-21(18,4)16(14)8-17(24)15(13)11-23/h1,8,12-15,18H,6-7,9H2,2-4H3. The Hall–Kier alpha value is -2.38. The smallest absolute Gasteiger partial charge is 0.174 e. The number of ketones is 2. The maximum Gasteiger partial charge on any atom is 0.174 e. The van der Waals surface area contributed by atoms with Crippen LogP contribution in [0, 0.1) is 75.4 Å². The van der Waals surface area contributed by atoms with E-state index in [1.807, 2.05) is 13.8 Å². The summed E-state index contributed by atoms with van der Waals surface area (Å²) in [6.45, 7) is 5.91. The molecule has 128 valence electrons. The topological polar surface area (TPSA) is 81.7 Å². The van der Waals surface area contributed by atoms with E-state index in [1.54, 1.807) is 6.08 Å². The van der Waals surface area contributed by atoms with E-state index in [0.29, 0.717) is 6.42 Å². The molecule has 0 aromatic carbocycles. The third-order valence-corrected chi connectivity index (χ3v) is 6.93. The van der Waals surface area contributed by atoms with Crippen molar-refractivity contribution in [3.05, 3.63) is 11.6 Å². The molecule has 6 unspecified atom stereocenters. The molecule has 0 aliphatic heterocycles. The molecule has 4 heteroatoms. The fourth-order valence-electron chi connectivity index (χ4n) is 5.76. The van der Waals surface area contributed by atoms with E-state index in [-0.39, 0.29) is 23.4 Å². The average molecular weight is 334 g/mol. The number of carbonyl (C=O) groups excluding carboxylic acids is 2. The van der Waals surface area contributed by atoms with Crippen molar-refractivity contribution < 1.29 is 9.59 Å². The number of rotatable bonds is 0. The van der Waals surface area contributed by atoms with Crippen LogP contribution in [-0.4, -0.2) is 11.6 Å². The number of fused-ring (bicyclic) bond motifs is 3. The second-order valence-electron chi connectivity index (χ2n) is 8.43. The maximum atomic E-state index is 12.7. The van der Waals surface area contributed by atoms with Crippen LogP contribution in [0.5, 0.6) is 0 Å². The minimum Gasteiger partial charge on any atom is -0.298 e. The molecule has 0 saturated heterocycles. The summed E-state index contributed by atoms with van der Waals surface area (Å²) in [5, 5.41) is 18.9. The second-order valence-corrected chi connectivity index (χ2v) is 8.43. The number of terminal acetylenes is 1. The van der Waals surface area contributed by atoms with E-state index in [9.17, 15) is 20.1 Å². The highest BCUT2D eigenvalue weighted by Gasteiger charge is 2.60. The lowest BCUT2D eigenvalue weighted by Gasteiger charge is -2.58. The van der Waals surface area contributed by atoms with Crippen LogP contribution in [0.3, 0.4) is 0 Å². The van der Waals surface area contributed by atoms with Gasteiger partial charge in [0.2, 0.25) is 0 Å². The molecule has 6 atom stereocenters. The van der Waals surface area contributed by atoms with Gasteiger partial charge in [-0.15, -0.1) is 12.3 Å². The molecule has 0 radical (unpaired) electrons. The van der Waals surface area contributed by atoms with Crippen molar-refractivity contribution in [1.82, 2.24) is 0 Å². The van der Waals surface area contributed by atoms with Gasteiger partial charge in [-0.3, -0.25) is 9.59 Å². The van der Waals surface area contributed by atoms with Gasteiger partial charge in [0.15, 0.2) is 11.6 Å². The van der Waals surface area contributed by atoms with E-state index in [2.05, 4.69) is 25.0 Å². The van der Waals surface area contributed by atoms with Crippen LogP contribution in [0.1, 0.15) is 40.0 Å². The van der Waals surface area contributed by atoms with Crippen molar-refractivity contribution in [2.24, 2.45) is 40.4 Å². The van der Waals surface area contributed by atoms with Gasteiger partial charge in [0.05, 0.1) is 12.1 Å². The summed E-state index contributed by atoms with van der Waals surface area (Å²) >= 11 is 0. The van der Waals surface area contributed by atoms with Crippen LogP contribution in [0.15, 0.2) is 11.6 Å². The Labute approximate surface area is 148 Å². The van der Waals surface area contributed by atoms with Gasteiger partial charge in [0.25, 0.3) is 0 Å². The van der Waals surface area contributed by atoms with E-state index in [0.717, 1.165) is 18.4 Å². The molecule has 4 nitrogen and oxygen atoms in total. The Morgan fingerprint density at radius 1 is 1.16 bits per heavy atom. The van der Waals surface area contributed by atoms with Gasteiger partial charge in [-0.2, -0.15) is 10.5 Å². The normalized spacial score (nSPS) is 42.1. The highest BCUT2D eigenvalue weighted by molar-refractivity contribution is 5.96. The quantitative estimate of drug-likeness (QED) is 0.638. The molecule has 25 heavy (non-hydrogen) atoms. The summed E-state index contributed by atoms with van der Waals surface area (Å²) in [6.07, 6.45) is 9.33. The third-order valence-electron chi connectivity index (χ3n) is 6.93. The molecule has 0 spiro atoms. The van der Waals surface area contributed by atoms with Gasteiger partial charge in [0, 0.05) is 11.3 Å². The van der Waals surface area contributed by atoms with E-state index >= 15 is 0 Å². The SMILES string of the molecule is C#CC1C(C#N)C(=O)C=C2C1CCC1C(C)(C)C(=O)C(C#N)CC21C. The van der Waals surface area contributed by atoms with E-state index in [1.165, 1.54) is 0 Å². The van der Waals surface area contributed by atoms with Gasteiger partial charge < -0.3 is 0 Å². The molecule has 0 bridgehead atoms. The van der Waals surface area contributed by atoms with Gasteiger partial charge in [-0.25, -0.2) is 0 Å². The predicted molar refractivity (Wildman–Crippen MR) is 91.3 cm³/mol. The number of nitriles is 2. The van der Waals surface area contributed by atoms with Crippen molar-refractivity contribution in [1.29, 1.82) is 10.5 Å². The Balaban J connectivity index is 2.15. The highest BCUT2D eigenvalue weighted by Crippen LogP contribution is 2.63. The lowest BCUT2D eigenvalue weighted by Crippen LogP contribution is -2.56. The number of nitrogens with zero attached hydrogens (tertiary/aromatic N) is 2. The van der Waals surface area contributed by atoms with Gasteiger partial charge in [0.1, 0.15) is 11.8 Å². The van der Waals surface area contributed by atoms with Crippen LogP contribution < -0.4 is 0 Å². The van der Waals surface area contributed by atoms with Crippen molar-refractivity contribution in [2.45, 2.75) is 40.0 Å². The molecule has 2 saturated carbocycles. The second kappa shape index (κ2) is 5.57. The summed E-state index contributed by atoms with van der Waals surface area (Å²) < 4.78 is 0. The highest BCUT2D eigenvalue weighted by atomic mass is 16.1. The minimum absolute atomic E-state index is 0.00191. The lowest BCUT2D eigenvalue weighted by atomic mass is 9.44. The van der Waals surface area contributed by atoms with Crippen molar-refractivity contribution in [3.63, 3.8) is 0 Å². The molecular formula is C21H22N2O2. The molecule has 3 aliphatic rings. The third kappa shape index (κ3) is 2.19. The summed E-state index contributed by atoms with van der Waals surface area (Å²) in [5.74, 6) is 0.639. The average Bonchev–Trinajstić information content (AvgIpc) is 2.57. The van der Waals surface area contributed by atoms with Crippen molar-refractivity contribution in [2.75, 3.05) is 0 Å². The first-order valence-electron chi connectivity index (χ1n) is 8.78. The number of allylic oxidation sites excluding steroid dienone is 2. The van der Waals surface area contributed by atoms with Crippen LogP contribution >= 0.6 is 0 Å². The molecule has 2 fully saturated rings. The summed E-state index contributed by atoms with van der Waals surface area (Å²) in [4.78, 5) is 25.3. The Morgan fingerprint density at radius 3 is 2.40 bits per heavy atom. The Morgan fingerprint density at radius 2 is 1.84 bits per heavy atom. The fraction of sp³-hybridized carbons (Fsp3) is 0.619. The first-order chi connectivity index (χ1) is 11.7. The number of Topliss-reactive ketones (excluding diaryl/α,β-unsaturated/α-hetero) is 1. The summed E-state index contributed by atoms with van der Waals surface area (Å²) in [6, 6.07) is 4.24. The molecule has 0 N–H and O–H groups in total. The number of hydrogen-bond acceptors (Lipinski definition) is 4. The number of carbonyl (C=O) groups is 2.